The van der Waals surface area contributed by atoms with Crippen molar-refractivity contribution < 1.29 is 9.59 Å². The summed E-state index contributed by atoms with van der Waals surface area (Å²) in [5, 5.41) is 5.87. The molecule has 0 unspecified atom stereocenters. The average molecular weight is 410 g/mol. The summed E-state index contributed by atoms with van der Waals surface area (Å²) in [4.78, 5) is 26.8. The Morgan fingerprint density at radius 1 is 0.967 bits per heavy atom. The molecule has 0 aliphatic carbocycles. The summed E-state index contributed by atoms with van der Waals surface area (Å²) in [7, 11) is 0. The predicted molar refractivity (Wildman–Crippen MR) is 123 cm³/mol. The quantitative estimate of drug-likeness (QED) is 0.591. The maximum Gasteiger partial charge on any atom is 0.251 e. The Balaban J connectivity index is 1.91. The van der Waals surface area contributed by atoms with Gasteiger partial charge in [-0.05, 0) is 61.7 Å². The second kappa shape index (κ2) is 11.5. The number of nitrogens with one attached hydrogen (secondary N) is 2. The van der Waals surface area contributed by atoms with Crippen molar-refractivity contribution >= 4 is 17.5 Å². The van der Waals surface area contributed by atoms with Gasteiger partial charge in [0.05, 0.1) is 0 Å². The third-order valence-corrected chi connectivity index (χ3v) is 5.00. The van der Waals surface area contributed by atoms with Crippen LogP contribution < -0.4 is 10.6 Å². The van der Waals surface area contributed by atoms with E-state index in [0.29, 0.717) is 30.5 Å². The summed E-state index contributed by atoms with van der Waals surface area (Å²) in [5.74, 6) is 0.215. The van der Waals surface area contributed by atoms with Gasteiger partial charge in [0.15, 0.2) is 0 Å². The maximum atomic E-state index is 12.5. The molecule has 0 heterocycles. The number of rotatable bonds is 10. The fourth-order valence-corrected chi connectivity index (χ4v) is 3.28. The van der Waals surface area contributed by atoms with E-state index >= 15 is 0 Å². The fraction of sp³-hybridized carbons (Fsp3) is 0.440. The van der Waals surface area contributed by atoms with Gasteiger partial charge >= 0.3 is 0 Å². The number of carbonyl (C=O) groups excluding carboxylic acids is 2. The number of hydrogen-bond acceptors (Lipinski definition) is 3. The topological polar surface area (TPSA) is 61.4 Å². The monoisotopic (exact) mass is 409 g/mol. The highest BCUT2D eigenvalue weighted by Gasteiger charge is 2.10. The smallest absolute Gasteiger partial charge is 0.251 e. The average Bonchev–Trinajstić information content (AvgIpc) is 2.70. The molecule has 2 amide bonds. The van der Waals surface area contributed by atoms with Crippen LogP contribution in [0.4, 0.5) is 5.69 Å². The minimum atomic E-state index is -0.105. The zero-order chi connectivity index (χ0) is 22.1. The number of benzene rings is 2. The molecular formula is C25H35N3O2. The summed E-state index contributed by atoms with van der Waals surface area (Å²) >= 11 is 0. The van der Waals surface area contributed by atoms with E-state index in [2.05, 4.69) is 36.3 Å². The molecule has 0 atom stereocenters. The number of amides is 2. The van der Waals surface area contributed by atoms with Gasteiger partial charge in [-0.15, -0.1) is 0 Å². The summed E-state index contributed by atoms with van der Waals surface area (Å²) in [6, 6.07) is 15.9. The van der Waals surface area contributed by atoms with Crippen molar-refractivity contribution in [3.8, 4) is 0 Å². The Bertz CT molecular complexity index is 829. The van der Waals surface area contributed by atoms with Gasteiger partial charge in [-0.25, -0.2) is 0 Å². The molecule has 0 bridgehead atoms. The van der Waals surface area contributed by atoms with Crippen LogP contribution in [0.25, 0.3) is 0 Å². The normalized spacial score (nSPS) is 11.2. The van der Waals surface area contributed by atoms with Gasteiger partial charge in [-0.3, -0.25) is 14.5 Å². The molecule has 0 saturated carbocycles. The molecule has 2 rings (SSSR count). The first kappa shape index (κ1) is 23.6. The lowest BCUT2D eigenvalue weighted by atomic mass is 10.1. The number of nitrogens with zero attached hydrogens (tertiary/aromatic N) is 1. The van der Waals surface area contributed by atoms with Crippen LogP contribution in [0.1, 0.15) is 62.5 Å². The Labute approximate surface area is 180 Å². The Kier molecular flexibility index (Phi) is 9.06. The zero-order valence-electron chi connectivity index (χ0n) is 18.9. The summed E-state index contributed by atoms with van der Waals surface area (Å²) in [6.45, 7) is 12.9. The van der Waals surface area contributed by atoms with Crippen molar-refractivity contribution in [1.82, 2.24) is 10.2 Å². The molecule has 30 heavy (non-hydrogen) atoms. The van der Waals surface area contributed by atoms with Crippen LogP contribution in [-0.4, -0.2) is 29.3 Å². The fourth-order valence-electron chi connectivity index (χ4n) is 3.28. The Hall–Kier alpha value is -2.66. The number of anilines is 1. The molecule has 0 aliphatic rings. The third kappa shape index (κ3) is 7.64. The standard InChI is InChI=1S/C25H35N3O2/c1-6-28(19(4)5)17-20-10-12-22(13-11-20)25(30)26-16-21-8-7-9-23(15-21)27-24(29)14-18(2)3/h7-13,15,18-19H,6,14,16-17H2,1-5H3,(H,26,30)(H,27,29). The van der Waals surface area contributed by atoms with Gasteiger partial charge in [0.2, 0.25) is 5.91 Å². The summed E-state index contributed by atoms with van der Waals surface area (Å²) in [6.07, 6.45) is 0.490. The molecule has 0 spiro atoms. The highest BCUT2D eigenvalue weighted by molar-refractivity contribution is 5.94. The van der Waals surface area contributed by atoms with Crippen molar-refractivity contribution in [3.05, 3.63) is 65.2 Å². The van der Waals surface area contributed by atoms with Crippen molar-refractivity contribution in [3.63, 3.8) is 0 Å². The van der Waals surface area contributed by atoms with Crippen LogP contribution in [0.2, 0.25) is 0 Å². The van der Waals surface area contributed by atoms with Gasteiger partial charge in [0.1, 0.15) is 0 Å². The lowest BCUT2D eigenvalue weighted by Gasteiger charge is -2.24. The van der Waals surface area contributed by atoms with E-state index in [1.54, 1.807) is 0 Å². The van der Waals surface area contributed by atoms with Crippen LogP contribution in [0.15, 0.2) is 48.5 Å². The van der Waals surface area contributed by atoms with Crippen LogP contribution in [0, 0.1) is 5.92 Å². The molecule has 2 aromatic carbocycles. The second-order valence-corrected chi connectivity index (χ2v) is 8.38. The molecular weight excluding hydrogens is 374 g/mol. The van der Waals surface area contributed by atoms with Crippen LogP contribution in [0.5, 0.6) is 0 Å². The van der Waals surface area contributed by atoms with Gasteiger partial charge in [0, 0.05) is 36.8 Å². The first-order chi connectivity index (χ1) is 14.3. The molecule has 0 saturated heterocycles. The van der Waals surface area contributed by atoms with E-state index in [9.17, 15) is 9.59 Å². The SMILES string of the molecule is CCN(Cc1ccc(C(=O)NCc2cccc(NC(=O)CC(C)C)c2)cc1)C(C)C. The Morgan fingerprint density at radius 3 is 2.27 bits per heavy atom. The van der Waals surface area contributed by atoms with Crippen molar-refractivity contribution in [1.29, 1.82) is 0 Å². The van der Waals surface area contributed by atoms with E-state index in [0.717, 1.165) is 24.3 Å². The molecule has 2 N–H and O–H groups in total. The summed E-state index contributed by atoms with van der Waals surface area (Å²) < 4.78 is 0. The highest BCUT2D eigenvalue weighted by Crippen LogP contribution is 2.13. The molecule has 162 valence electrons. The van der Waals surface area contributed by atoms with Gasteiger partial charge in [0.25, 0.3) is 5.91 Å². The minimum absolute atomic E-state index is 0.00498. The van der Waals surface area contributed by atoms with Crippen molar-refractivity contribution in [2.75, 3.05) is 11.9 Å². The number of carbonyl (C=O) groups is 2. The largest absolute Gasteiger partial charge is 0.348 e. The first-order valence-corrected chi connectivity index (χ1v) is 10.8. The van der Waals surface area contributed by atoms with E-state index in [-0.39, 0.29) is 11.8 Å². The molecule has 0 aromatic heterocycles. The van der Waals surface area contributed by atoms with Crippen LogP contribution >= 0.6 is 0 Å². The Morgan fingerprint density at radius 2 is 1.67 bits per heavy atom. The molecule has 0 aliphatic heterocycles. The lowest BCUT2D eigenvalue weighted by molar-refractivity contribution is -0.116. The number of hydrogen-bond donors (Lipinski definition) is 2. The highest BCUT2D eigenvalue weighted by atomic mass is 16.2. The van der Waals surface area contributed by atoms with Crippen LogP contribution in [0.3, 0.4) is 0 Å². The van der Waals surface area contributed by atoms with Crippen molar-refractivity contribution in [2.45, 2.75) is 60.2 Å². The van der Waals surface area contributed by atoms with Gasteiger partial charge in [-0.1, -0.05) is 45.0 Å². The van der Waals surface area contributed by atoms with Crippen molar-refractivity contribution in [2.24, 2.45) is 5.92 Å². The first-order valence-electron chi connectivity index (χ1n) is 10.8. The lowest BCUT2D eigenvalue weighted by Crippen LogP contribution is -2.30. The minimum Gasteiger partial charge on any atom is -0.348 e. The van der Waals surface area contributed by atoms with Gasteiger partial charge < -0.3 is 10.6 Å². The van der Waals surface area contributed by atoms with E-state index in [4.69, 9.17) is 0 Å². The predicted octanol–water partition coefficient (Wildman–Crippen LogP) is 4.83. The molecule has 0 fully saturated rings. The molecule has 0 radical (unpaired) electrons. The molecule has 5 heteroatoms. The van der Waals surface area contributed by atoms with E-state index < -0.39 is 0 Å². The molecule has 2 aromatic rings. The molecule has 5 nitrogen and oxygen atoms in total. The third-order valence-electron chi connectivity index (χ3n) is 5.00. The van der Waals surface area contributed by atoms with Gasteiger partial charge in [-0.2, -0.15) is 0 Å². The summed E-state index contributed by atoms with van der Waals surface area (Å²) in [5.41, 5.74) is 3.54. The zero-order valence-corrected chi connectivity index (χ0v) is 18.9. The van der Waals surface area contributed by atoms with Crippen LogP contribution in [-0.2, 0) is 17.9 Å². The second-order valence-electron chi connectivity index (χ2n) is 8.38. The van der Waals surface area contributed by atoms with E-state index in [1.165, 1.54) is 5.56 Å². The van der Waals surface area contributed by atoms with E-state index in [1.807, 2.05) is 62.4 Å². The maximum absolute atomic E-state index is 12.5.